The van der Waals surface area contributed by atoms with E-state index in [1.165, 1.54) is 70.5 Å². The highest BCUT2D eigenvalue weighted by atomic mass is 32.2. The van der Waals surface area contributed by atoms with Gasteiger partial charge in [-0.2, -0.15) is 8.42 Å². The Kier molecular flexibility index (Phi) is 9.72. The Labute approximate surface area is 246 Å². The van der Waals surface area contributed by atoms with Crippen molar-refractivity contribution in [3.63, 3.8) is 0 Å². The molecule has 0 amide bonds. The van der Waals surface area contributed by atoms with Crippen molar-refractivity contribution in [3.05, 3.63) is 0 Å². The van der Waals surface area contributed by atoms with Crippen LogP contribution in [0, 0.1) is 58.2 Å². The minimum atomic E-state index is -3.49. The van der Waals surface area contributed by atoms with E-state index in [0.717, 1.165) is 67.8 Å². The molecule has 0 aromatic heterocycles. The van der Waals surface area contributed by atoms with E-state index in [0.29, 0.717) is 11.3 Å². The van der Waals surface area contributed by atoms with E-state index in [-0.39, 0.29) is 30.3 Å². The maximum absolute atomic E-state index is 12.1. The Bertz CT molecular complexity index is 944. The van der Waals surface area contributed by atoms with Crippen LogP contribution in [0.2, 0.25) is 0 Å². The lowest BCUT2D eigenvalue weighted by molar-refractivity contribution is -0.233. The summed E-state index contributed by atoms with van der Waals surface area (Å²) in [5, 5.41) is 0. The zero-order valence-corrected chi connectivity index (χ0v) is 27.4. The normalized spacial score (nSPS) is 44.6. The molecule has 40 heavy (non-hydrogen) atoms. The van der Waals surface area contributed by atoms with E-state index < -0.39 is 10.1 Å². The third-order valence-electron chi connectivity index (χ3n) is 13.0. The van der Waals surface area contributed by atoms with Crippen molar-refractivity contribution in [1.82, 2.24) is 0 Å². The number of hydrogen-bond donors (Lipinski definition) is 0. The molecule has 5 fully saturated rings. The summed E-state index contributed by atoms with van der Waals surface area (Å²) in [6, 6.07) is 0. The smallest absolute Gasteiger partial charge is 0.264 e. The molecule has 0 bridgehead atoms. The van der Waals surface area contributed by atoms with Crippen LogP contribution in [0.4, 0.5) is 0 Å². The first-order chi connectivity index (χ1) is 18.9. The molecular formula is C34H60O5S. The first kappa shape index (κ1) is 31.3. The predicted molar refractivity (Wildman–Crippen MR) is 161 cm³/mol. The van der Waals surface area contributed by atoms with Crippen LogP contribution in [0.1, 0.15) is 125 Å². The van der Waals surface area contributed by atoms with Gasteiger partial charge in [-0.3, -0.25) is 4.18 Å². The first-order valence-corrected chi connectivity index (χ1v) is 18.9. The second kappa shape index (κ2) is 12.4. The molecule has 5 nitrogen and oxygen atoms in total. The Balaban J connectivity index is 1.31. The Morgan fingerprint density at radius 3 is 2.27 bits per heavy atom. The minimum Gasteiger partial charge on any atom is -0.353 e. The standard InChI is InChI=1S/C34H60O5S/c1-23(2)10-9-11-24(3)27-15-16-28-25-13-14-29-26(22-38-40(6,35)36)31(39-32-12-7-8-21-37-32)18-20-34(29,5)30(25)17-19-33(27,28)4/h23-32H,7-22H2,1-6H3/t24-,25+,26?,27-,28+,29+,30+,31-,32?,33-,34+/m1/s1. The molecule has 4 saturated carbocycles. The molecule has 0 N–H and O–H groups in total. The molecule has 232 valence electrons. The topological polar surface area (TPSA) is 61.8 Å². The number of fused-ring (bicyclic) bond motifs is 5. The molecule has 5 rings (SSSR count). The van der Waals surface area contributed by atoms with E-state index in [1.54, 1.807) is 0 Å². The molecule has 0 spiro atoms. The molecule has 5 aliphatic rings. The van der Waals surface area contributed by atoms with Gasteiger partial charge in [0.25, 0.3) is 10.1 Å². The summed E-state index contributed by atoms with van der Waals surface area (Å²) in [5.41, 5.74) is 0.739. The third-order valence-corrected chi connectivity index (χ3v) is 13.6. The van der Waals surface area contributed by atoms with Crippen LogP contribution in [0.3, 0.4) is 0 Å². The van der Waals surface area contributed by atoms with Crippen LogP contribution < -0.4 is 0 Å². The first-order valence-electron chi connectivity index (χ1n) is 17.0. The van der Waals surface area contributed by atoms with E-state index in [2.05, 4.69) is 34.6 Å². The quantitative estimate of drug-likeness (QED) is 0.192. The molecule has 2 unspecified atom stereocenters. The lowest BCUT2D eigenvalue weighted by Crippen LogP contribution is -2.58. The maximum atomic E-state index is 12.1. The molecule has 6 heteroatoms. The van der Waals surface area contributed by atoms with Crippen LogP contribution in [0.5, 0.6) is 0 Å². The van der Waals surface area contributed by atoms with Crippen LogP contribution in [0.25, 0.3) is 0 Å². The van der Waals surface area contributed by atoms with Gasteiger partial charge >= 0.3 is 0 Å². The van der Waals surface area contributed by atoms with Gasteiger partial charge in [-0.05, 0) is 123 Å². The summed E-state index contributed by atoms with van der Waals surface area (Å²) in [4.78, 5) is 0. The van der Waals surface area contributed by atoms with Crippen molar-refractivity contribution in [2.45, 2.75) is 137 Å². The summed E-state index contributed by atoms with van der Waals surface area (Å²) in [6.45, 7) is 13.5. The highest BCUT2D eigenvalue weighted by Gasteiger charge is 2.62. The summed E-state index contributed by atoms with van der Waals surface area (Å²) in [6.07, 6.45) is 18.6. The summed E-state index contributed by atoms with van der Waals surface area (Å²) < 4.78 is 42.3. The highest BCUT2D eigenvalue weighted by Crippen LogP contribution is 2.69. The summed E-state index contributed by atoms with van der Waals surface area (Å²) in [7, 11) is -3.49. The molecule has 1 heterocycles. The summed E-state index contributed by atoms with van der Waals surface area (Å²) >= 11 is 0. The van der Waals surface area contributed by atoms with Crippen molar-refractivity contribution >= 4 is 10.1 Å². The number of ether oxygens (including phenoxy) is 2. The molecule has 1 aliphatic heterocycles. The van der Waals surface area contributed by atoms with Crippen molar-refractivity contribution in [1.29, 1.82) is 0 Å². The van der Waals surface area contributed by atoms with Gasteiger partial charge in [0.15, 0.2) is 6.29 Å². The van der Waals surface area contributed by atoms with Gasteiger partial charge in [-0.1, -0.05) is 53.9 Å². The molecule has 4 aliphatic carbocycles. The third kappa shape index (κ3) is 6.36. The number of hydrogen-bond acceptors (Lipinski definition) is 5. The molecule has 0 radical (unpaired) electrons. The fourth-order valence-corrected chi connectivity index (χ4v) is 11.5. The van der Waals surface area contributed by atoms with Gasteiger partial charge in [0, 0.05) is 12.5 Å². The SMILES string of the molecule is CC(C)CCC[C@@H](C)[C@H]1CC[C@H]2[C@@H]3CC[C@H]4C(COS(C)(=O)=O)[C@H](OC5CCCCO5)CC[C@]4(C)[C@H]3CC[C@]12C. The minimum absolute atomic E-state index is 0.0240. The van der Waals surface area contributed by atoms with Crippen molar-refractivity contribution in [2.75, 3.05) is 19.5 Å². The largest absolute Gasteiger partial charge is 0.353 e. The predicted octanol–water partition coefficient (Wildman–Crippen LogP) is 8.22. The van der Waals surface area contributed by atoms with Gasteiger partial charge < -0.3 is 9.47 Å². The van der Waals surface area contributed by atoms with Gasteiger partial charge in [-0.25, -0.2) is 0 Å². The van der Waals surface area contributed by atoms with Crippen molar-refractivity contribution < 1.29 is 22.1 Å². The van der Waals surface area contributed by atoms with Crippen LogP contribution in [-0.4, -0.2) is 40.3 Å². The van der Waals surface area contributed by atoms with Crippen molar-refractivity contribution in [2.24, 2.45) is 58.2 Å². The monoisotopic (exact) mass is 580 g/mol. The molecule has 11 atom stereocenters. The van der Waals surface area contributed by atoms with Crippen molar-refractivity contribution in [3.8, 4) is 0 Å². The van der Waals surface area contributed by atoms with E-state index in [9.17, 15) is 8.42 Å². The van der Waals surface area contributed by atoms with Crippen LogP contribution >= 0.6 is 0 Å². The fourth-order valence-electron chi connectivity index (χ4n) is 11.1. The zero-order chi connectivity index (χ0) is 28.7. The molecule has 1 saturated heterocycles. The van der Waals surface area contributed by atoms with Crippen LogP contribution in [0.15, 0.2) is 0 Å². The van der Waals surface area contributed by atoms with Gasteiger partial charge in [0.2, 0.25) is 0 Å². The maximum Gasteiger partial charge on any atom is 0.264 e. The molecule has 0 aromatic carbocycles. The second-order valence-corrected chi connectivity index (χ2v) is 17.4. The average molecular weight is 581 g/mol. The lowest BCUT2D eigenvalue weighted by Gasteiger charge is -2.63. The fraction of sp³-hybridized carbons (Fsp3) is 1.00. The van der Waals surface area contributed by atoms with E-state index in [1.807, 2.05) is 0 Å². The van der Waals surface area contributed by atoms with E-state index >= 15 is 0 Å². The van der Waals surface area contributed by atoms with E-state index in [4.69, 9.17) is 13.7 Å². The highest BCUT2D eigenvalue weighted by molar-refractivity contribution is 7.85. The lowest BCUT2D eigenvalue weighted by atomic mass is 9.43. The molecular weight excluding hydrogens is 520 g/mol. The summed E-state index contributed by atoms with van der Waals surface area (Å²) in [5.74, 6) is 5.52. The van der Waals surface area contributed by atoms with Crippen LogP contribution in [-0.2, 0) is 23.8 Å². The van der Waals surface area contributed by atoms with Gasteiger partial charge in [0.1, 0.15) is 0 Å². The average Bonchev–Trinajstić information content (AvgIpc) is 3.25. The van der Waals surface area contributed by atoms with Gasteiger partial charge in [-0.15, -0.1) is 0 Å². The molecule has 0 aromatic rings. The Morgan fingerprint density at radius 1 is 0.850 bits per heavy atom. The Hall–Kier alpha value is -0.170. The van der Waals surface area contributed by atoms with Gasteiger partial charge in [0.05, 0.1) is 19.0 Å². The Morgan fingerprint density at radius 2 is 1.57 bits per heavy atom. The zero-order valence-electron chi connectivity index (χ0n) is 26.5. The number of rotatable bonds is 10. The second-order valence-electron chi connectivity index (χ2n) is 15.8.